The molecule has 0 radical (unpaired) electrons. The van der Waals surface area contributed by atoms with Crippen molar-refractivity contribution >= 4 is 24.6 Å². The summed E-state index contributed by atoms with van der Waals surface area (Å²) in [7, 11) is -0.620. The summed E-state index contributed by atoms with van der Waals surface area (Å²) in [5.41, 5.74) is 1.24. The third kappa shape index (κ3) is 4.05. The SMILES string of the molecule is c1ccc(C2COC(C3CCCCN3P(c3ccccc3)c3ccccc3)=N2)cc1. The van der Waals surface area contributed by atoms with Crippen molar-refractivity contribution in [3.05, 3.63) is 96.6 Å². The van der Waals surface area contributed by atoms with Gasteiger partial charge in [0.05, 0.1) is 6.04 Å². The summed E-state index contributed by atoms with van der Waals surface area (Å²) in [6, 6.07) is 32.8. The average Bonchev–Trinajstić information content (AvgIpc) is 3.32. The fourth-order valence-electron chi connectivity index (χ4n) is 4.41. The maximum absolute atomic E-state index is 6.23. The van der Waals surface area contributed by atoms with Crippen LogP contribution in [0.2, 0.25) is 0 Å². The van der Waals surface area contributed by atoms with Crippen molar-refractivity contribution in [2.45, 2.75) is 31.3 Å². The minimum atomic E-state index is -0.620. The molecule has 0 aliphatic carbocycles. The van der Waals surface area contributed by atoms with Crippen LogP contribution in [0.15, 0.2) is 96.0 Å². The average molecular weight is 414 g/mol. The molecule has 3 aromatic rings. The summed E-state index contributed by atoms with van der Waals surface area (Å²) in [5.74, 6) is 0.933. The molecule has 0 saturated carbocycles. The lowest BCUT2D eigenvalue weighted by atomic mass is 10.0. The van der Waals surface area contributed by atoms with Crippen molar-refractivity contribution in [2.24, 2.45) is 4.99 Å². The topological polar surface area (TPSA) is 24.8 Å². The van der Waals surface area contributed by atoms with Gasteiger partial charge in [-0.1, -0.05) is 97.4 Å². The zero-order chi connectivity index (χ0) is 20.2. The van der Waals surface area contributed by atoms with Crippen molar-refractivity contribution in [1.29, 1.82) is 0 Å². The Kier molecular flexibility index (Phi) is 5.92. The maximum Gasteiger partial charge on any atom is 0.202 e. The van der Waals surface area contributed by atoms with E-state index in [2.05, 4.69) is 95.7 Å². The van der Waals surface area contributed by atoms with E-state index in [9.17, 15) is 0 Å². The van der Waals surface area contributed by atoms with Gasteiger partial charge in [-0.25, -0.2) is 4.99 Å². The Balaban J connectivity index is 1.49. The quantitative estimate of drug-likeness (QED) is 0.545. The molecule has 0 amide bonds. The highest BCUT2D eigenvalue weighted by atomic mass is 31.1. The van der Waals surface area contributed by atoms with Crippen LogP contribution in [0.5, 0.6) is 0 Å². The second kappa shape index (κ2) is 9.12. The zero-order valence-corrected chi connectivity index (χ0v) is 18.0. The van der Waals surface area contributed by atoms with Gasteiger partial charge in [-0.3, -0.25) is 4.67 Å². The molecule has 2 atom stereocenters. The summed E-state index contributed by atoms with van der Waals surface area (Å²) < 4.78 is 8.91. The lowest BCUT2D eigenvalue weighted by Gasteiger charge is -2.40. The minimum Gasteiger partial charge on any atom is -0.477 e. The first-order valence-electron chi connectivity index (χ1n) is 10.8. The fourth-order valence-corrected chi connectivity index (χ4v) is 7.05. The number of benzene rings is 3. The summed E-state index contributed by atoms with van der Waals surface area (Å²) in [6.45, 7) is 1.73. The second-order valence-electron chi connectivity index (χ2n) is 7.86. The predicted molar refractivity (Wildman–Crippen MR) is 126 cm³/mol. The van der Waals surface area contributed by atoms with Crippen LogP contribution in [0.1, 0.15) is 30.9 Å². The highest BCUT2D eigenvalue weighted by Crippen LogP contribution is 2.44. The van der Waals surface area contributed by atoms with Crippen LogP contribution in [-0.4, -0.2) is 29.8 Å². The van der Waals surface area contributed by atoms with E-state index in [1.54, 1.807) is 0 Å². The molecule has 0 bridgehead atoms. The van der Waals surface area contributed by atoms with Crippen molar-refractivity contribution in [2.75, 3.05) is 13.2 Å². The molecule has 4 heteroatoms. The lowest BCUT2D eigenvalue weighted by molar-refractivity contribution is 0.255. The van der Waals surface area contributed by atoms with E-state index in [1.807, 2.05) is 0 Å². The van der Waals surface area contributed by atoms with Crippen LogP contribution >= 0.6 is 8.07 Å². The van der Waals surface area contributed by atoms with Crippen LogP contribution in [-0.2, 0) is 4.74 Å². The molecule has 2 aliphatic heterocycles. The largest absolute Gasteiger partial charge is 0.477 e. The Bertz CT molecular complexity index is 938. The van der Waals surface area contributed by atoms with Gasteiger partial charge in [-0.15, -0.1) is 0 Å². The molecular weight excluding hydrogens is 387 g/mol. The van der Waals surface area contributed by atoms with Gasteiger partial charge >= 0.3 is 0 Å². The zero-order valence-electron chi connectivity index (χ0n) is 17.1. The van der Waals surface area contributed by atoms with Crippen LogP contribution < -0.4 is 10.6 Å². The summed E-state index contributed by atoms with van der Waals surface area (Å²) in [5, 5.41) is 2.78. The molecule has 0 spiro atoms. The van der Waals surface area contributed by atoms with E-state index >= 15 is 0 Å². The van der Waals surface area contributed by atoms with Gasteiger partial charge in [0.1, 0.15) is 12.6 Å². The molecular formula is C26H27N2OP. The molecule has 30 heavy (non-hydrogen) atoms. The third-order valence-electron chi connectivity index (χ3n) is 5.87. The molecule has 1 saturated heterocycles. The van der Waals surface area contributed by atoms with Gasteiger partial charge < -0.3 is 4.74 Å². The molecule has 2 heterocycles. The van der Waals surface area contributed by atoms with Gasteiger partial charge in [0.25, 0.3) is 0 Å². The van der Waals surface area contributed by atoms with E-state index in [4.69, 9.17) is 9.73 Å². The summed E-state index contributed by atoms with van der Waals surface area (Å²) in [6.07, 6.45) is 3.57. The molecule has 3 nitrogen and oxygen atoms in total. The molecule has 152 valence electrons. The molecule has 3 aromatic carbocycles. The van der Waals surface area contributed by atoms with Crippen molar-refractivity contribution in [3.63, 3.8) is 0 Å². The highest BCUT2D eigenvalue weighted by Gasteiger charge is 2.37. The van der Waals surface area contributed by atoms with Gasteiger partial charge in [-0.05, 0) is 29.0 Å². The third-order valence-corrected chi connectivity index (χ3v) is 8.44. The normalized spacial score (nSPS) is 22.0. The first-order chi connectivity index (χ1) is 14.9. The van der Waals surface area contributed by atoms with Crippen molar-refractivity contribution in [1.82, 2.24) is 4.67 Å². The Hall–Kier alpha value is -2.48. The number of nitrogens with zero attached hydrogens (tertiary/aromatic N) is 2. The molecule has 2 unspecified atom stereocenters. The number of piperidine rings is 1. The number of hydrogen-bond acceptors (Lipinski definition) is 3. The van der Waals surface area contributed by atoms with Gasteiger partial charge in [-0.2, -0.15) is 0 Å². The molecule has 5 rings (SSSR count). The number of ether oxygens (including phenoxy) is 1. The second-order valence-corrected chi connectivity index (χ2v) is 10.0. The molecule has 0 N–H and O–H groups in total. The van der Waals surface area contributed by atoms with Crippen LogP contribution in [0, 0.1) is 0 Å². The summed E-state index contributed by atoms with van der Waals surface area (Å²) in [4.78, 5) is 5.07. The van der Waals surface area contributed by atoms with Crippen molar-refractivity contribution < 1.29 is 4.74 Å². The Morgan fingerprint density at radius 2 is 1.37 bits per heavy atom. The van der Waals surface area contributed by atoms with Crippen LogP contribution in [0.25, 0.3) is 0 Å². The molecule has 1 fully saturated rings. The Morgan fingerprint density at radius 3 is 2.00 bits per heavy atom. The van der Waals surface area contributed by atoms with E-state index in [0.29, 0.717) is 6.61 Å². The van der Waals surface area contributed by atoms with Crippen molar-refractivity contribution in [3.8, 4) is 0 Å². The summed E-state index contributed by atoms with van der Waals surface area (Å²) >= 11 is 0. The van der Waals surface area contributed by atoms with Gasteiger partial charge in [0, 0.05) is 14.6 Å². The minimum absolute atomic E-state index is 0.115. The maximum atomic E-state index is 6.23. The smallest absolute Gasteiger partial charge is 0.202 e. The monoisotopic (exact) mass is 414 g/mol. The molecule has 0 aromatic heterocycles. The first kappa shape index (κ1) is 19.5. The van der Waals surface area contributed by atoms with E-state index < -0.39 is 8.07 Å². The predicted octanol–water partition coefficient (Wildman–Crippen LogP) is 5.06. The standard InChI is InChI=1S/C26H27N2OP/c1-4-12-21(13-5-1)24-20-29-26(27-24)25-18-10-11-19-28(25)30(22-14-6-2-7-15-22)23-16-8-3-9-17-23/h1-9,12-17,24-25H,10-11,18-20H2. The van der Waals surface area contributed by atoms with E-state index in [-0.39, 0.29) is 12.1 Å². The number of hydrogen-bond donors (Lipinski definition) is 0. The number of rotatable bonds is 5. The Labute approximate surface area is 180 Å². The number of aliphatic imine (C=N–C) groups is 1. The van der Waals surface area contributed by atoms with E-state index in [0.717, 1.165) is 18.9 Å². The van der Waals surface area contributed by atoms with E-state index in [1.165, 1.54) is 29.0 Å². The first-order valence-corrected chi connectivity index (χ1v) is 12.1. The van der Waals surface area contributed by atoms with Crippen LogP contribution in [0.3, 0.4) is 0 Å². The highest BCUT2D eigenvalue weighted by molar-refractivity contribution is 7.70. The Morgan fingerprint density at radius 1 is 0.767 bits per heavy atom. The lowest BCUT2D eigenvalue weighted by Crippen LogP contribution is -2.45. The van der Waals surface area contributed by atoms with Crippen LogP contribution in [0.4, 0.5) is 0 Å². The van der Waals surface area contributed by atoms with Gasteiger partial charge in [0.15, 0.2) is 0 Å². The fraction of sp³-hybridized carbons (Fsp3) is 0.269. The molecule has 2 aliphatic rings. The van der Waals surface area contributed by atoms with Gasteiger partial charge in [0.2, 0.25) is 5.90 Å².